The molecule has 0 saturated heterocycles. The van der Waals surface area contributed by atoms with Crippen LogP contribution in [0.3, 0.4) is 0 Å². The number of carbonyl (C=O) groups excluding carboxylic acids is 2. The summed E-state index contributed by atoms with van der Waals surface area (Å²) >= 11 is 0. The maximum Gasteiger partial charge on any atom is 0.540 e. The van der Waals surface area contributed by atoms with E-state index in [0.29, 0.717) is 6.92 Å². The number of carbonyl (C=O) groups is 2. The topological polar surface area (TPSA) is 52.6 Å². The normalized spacial score (nSPS) is 14.1. The largest absolute Gasteiger partial charge is 0.540 e. The quantitative estimate of drug-likeness (QED) is 0.719. The first-order valence-corrected chi connectivity index (χ1v) is 7.02. The summed E-state index contributed by atoms with van der Waals surface area (Å²) < 4.78 is 49.4. The van der Waals surface area contributed by atoms with Crippen molar-refractivity contribution in [1.29, 1.82) is 0 Å². The van der Waals surface area contributed by atoms with Crippen LogP contribution in [0.1, 0.15) is 27.7 Å². The van der Waals surface area contributed by atoms with Crippen LogP contribution < -0.4 is 0 Å². The van der Waals surface area contributed by atoms with Crippen molar-refractivity contribution >= 4 is 20.5 Å². The Morgan fingerprint density at radius 3 is 1.76 bits per heavy atom. The van der Waals surface area contributed by atoms with E-state index in [1.54, 1.807) is 0 Å². The molecule has 1 atom stereocenters. The SMILES string of the molecule is CC[Si](OC(C)=O)(OC(C)=O)C(F)(F)C(C)F. The average Bonchev–Trinajstić information content (AvgIpc) is 2.14. The second-order valence-electron chi connectivity index (χ2n) is 3.53. The third-order valence-electron chi connectivity index (χ3n) is 2.09. The summed E-state index contributed by atoms with van der Waals surface area (Å²) in [4.78, 5) is 21.7. The molecule has 0 aromatic heterocycles. The molecular formula is C9H15F3O4Si. The van der Waals surface area contributed by atoms with Crippen molar-refractivity contribution in [3.63, 3.8) is 0 Å². The van der Waals surface area contributed by atoms with Gasteiger partial charge in [0.15, 0.2) is 6.17 Å². The fourth-order valence-electron chi connectivity index (χ4n) is 1.30. The Morgan fingerprint density at radius 1 is 1.24 bits per heavy atom. The zero-order valence-corrected chi connectivity index (χ0v) is 11.1. The van der Waals surface area contributed by atoms with Gasteiger partial charge in [0.2, 0.25) is 0 Å². The van der Waals surface area contributed by atoms with Gasteiger partial charge in [-0.15, -0.1) is 0 Å². The van der Waals surface area contributed by atoms with E-state index in [0.717, 1.165) is 13.8 Å². The zero-order valence-electron chi connectivity index (χ0n) is 10.1. The van der Waals surface area contributed by atoms with E-state index in [1.165, 1.54) is 6.92 Å². The van der Waals surface area contributed by atoms with Crippen LogP contribution in [0, 0.1) is 0 Å². The molecule has 0 radical (unpaired) electrons. The van der Waals surface area contributed by atoms with Gasteiger partial charge in [-0.05, 0) is 6.92 Å². The van der Waals surface area contributed by atoms with Crippen molar-refractivity contribution in [2.45, 2.75) is 45.5 Å². The van der Waals surface area contributed by atoms with Crippen LogP contribution in [0.5, 0.6) is 0 Å². The Hall–Kier alpha value is -1.05. The lowest BCUT2D eigenvalue weighted by Gasteiger charge is -2.34. The lowest BCUT2D eigenvalue weighted by Crippen LogP contribution is -2.63. The molecule has 0 N–H and O–H groups in total. The van der Waals surface area contributed by atoms with Crippen LogP contribution in [0.4, 0.5) is 13.2 Å². The van der Waals surface area contributed by atoms with Crippen LogP contribution in [0.15, 0.2) is 0 Å². The molecule has 1 unspecified atom stereocenters. The lowest BCUT2D eigenvalue weighted by molar-refractivity contribution is -0.145. The van der Waals surface area contributed by atoms with Gasteiger partial charge in [-0.1, -0.05) is 6.92 Å². The molecule has 17 heavy (non-hydrogen) atoms. The van der Waals surface area contributed by atoms with Crippen molar-refractivity contribution < 1.29 is 31.6 Å². The number of hydrogen-bond donors (Lipinski definition) is 0. The maximum absolute atomic E-state index is 13.7. The van der Waals surface area contributed by atoms with Crippen molar-refractivity contribution in [2.75, 3.05) is 0 Å². The Balaban J connectivity index is 5.46. The Labute approximate surface area is 98.3 Å². The van der Waals surface area contributed by atoms with Crippen molar-refractivity contribution in [3.8, 4) is 0 Å². The van der Waals surface area contributed by atoms with E-state index in [2.05, 4.69) is 8.85 Å². The molecular weight excluding hydrogens is 257 g/mol. The third kappa shape index (κ3) is 3.45. The summed E-state index contributed by atoms with van der Waals surface area (Å²) in [6, 6.07) is -0.423. The molecule has 100 valence electrons. The van der Waals surface area contributed by atoms with E-state index >= 15 is 0 Å². The first-order chi connectivity index (χ1) is 7.59. The van der Waals surface area contributed by atoms with E-state index < -0.39 is 38.3 Å². The van der Waals surface area contributed by atoms with Crippen molar-refractivity contribution in [3.05, 3.63) is 0 Å². The van der Waals surface area contributed by atoms with Gasteiger partial charge in [0.05, 0.1) is 0 Å². The van der Waals surface area contributed by atoms with Gasteiger partial charge in [0, 0.05) is 19.9 Å². The molecule has 0 spiro atoms. The monoisotopic (exact) mass is 272 g/mol. The summed E-state index contributed by atoms with van der Waals surface area (Å²) in [5.74, 6) is -2.06. The predicted molar refractivity (Wildman–Crippen MR) is 55.3 cm³/mol. The molecule has 0 aliphatic heterocycles. The van der Waals surface area contributed by atoms with E-state index in [-0.39, 0.29) is 0 Å². The minimum Gasteiger partial charge on any atom is -0.482 e. The highest BCUT2D eigenvalue weighted by atomic mass is 28.4. The van der Waals surface area contributed by atoms with Crippen LogP contribution >= 0.6 is 0 Å². The van der Waals surface area contributed by atoms with Gasteiger partial charge >= 0.3 is 14.1 Å². The fourth-order valence-corrected chi connectivity index (χ4v) is 3.91. The van der Waals surface area contributed by atoms with Crippen LogP contribution in [-0.2, 0) is 18.4 Å². The maximum atomic E-state index is 13.7. The van der Waals surface area contributed by atoms with Crippen LogP contribution in [-0.4, -0.2) is 32.2 Å². The average molecular weight is 272 g/mol. The second kappa shape index (κ2) is 5.52. The standard InChI is InChI=1S/C9H15F3O4Si/c1-5-17(15-7(3)13,16-8(4)14)9(11,12)6(2)10/h6H,5H2,1-4H3. The third-order valence-corrected chi connectivity index (χ3v) is 5.67. The Kier molecular flexibility index (Phi) is 5.18. The highest BCUT2D eigenvalue weighted by Crippen LogP contribution is 2.37. The molecule has 0 heterocycles. The smallest absolute Gasteiger partial charge is 0.482 e. The molecule has 0 aliphatic carbocycles. The summed E-state index contributed by atoms with van der Waals surface area (Å²) in [7, 11) is -4.59. The minimum atomic E-state index is -4.59. The predicted octanol–water partition coefficient (Wildman–Crippen LogP) is 2.11. The molecule has 0 bridgehead atoms. The summed E-state index contributed by atoms with van der Waals surface area (Å²) in [5.41, 5.74) is -3.99. The number of rotatable bonds is 5. The number of alkyl halides is 3. The van der Waals surface area contributed by atoms with Crippen molar-refractivity contribution in [1.82, 2.24) is 0 Å². The molecule has 0 saturated carbocycles. The molecule has 0 rings (SSSR count). The second-order valence-corrected chi connectivity index (χ2v) is 6.82. The van der Waals surface area contributed by atoms with Gasteiger partial charge in [-0.25, -0.2) is 4.39 Å². The van der Waals surface area contributed by atoms with Gasteiger partial charge in [-0.2, -0.15) is 8.78 Å². The fraction of sp³-hybridized carbons (Fsp3) is 0.778. The molecule has 0 fully saturated rings. The molecule has 0 amide bonds. The summed E-state index contributed by atoms with van der Waals surface area (Å²) in [6.45, 7) is 3.69. The van der Waals surface area contributed by atoms with Gasteiger partial charge < -0.3 is 8.85 Å². The molecule has 8 heteroatoms. The molecule has 0 aliphatic rings. The minimum absolute atomic E-state index is 0.423. The van der Waals surface area contributed by atoms with Gasteiger partial charge in [-0.3, -0.25) is 9.59 Å². The van der Waals surface area contributed by atoms with Crippen LogP contribution in [0.2, 0.25) is 6.04 Å². The molecule has 0 aromatic rings. The van der Waals surface area contributed by atoms with Crippen LogP contribution in [0.25, 0.3) is 0 Å². The molecule has 4 nitrogen and oxygen atoms in total. The zero-order chi connectivity index (χ0) is 13.9. The van der Waals surface area contributed by atoms with Crippen molar-refractivity contribution in [2.24, 2.45) is 0 Å². The van der Waals surface area contributed by atoms with E-state index in [4.69, 9.17) is 0 Å². The first kappa shape index (κ1) is 15.9. The Bertz CT molecular complexity index is 291. The summed E-state index contributed by atoms with van der Waals surface area (Å²) in [6.07, 6.45) is -2.58. The highest BCUT2D eigenvalue weighted by molar-refractivity contribution is 6.72. The van der Waals surface area contributed by atoms with Gasteiger partial charge in [0.1, 0.15) is 0 Å². The number of hydrogen-bond acceptors (Lipinski definition) is 4. The van der Waals surface area contributed by atoms with E-state index in [9.17, 15) is 22.8 Å². The number of halogens is 3. The highest BCUT2D eigenvalue weighted by Gasteiger charge is 2.68. The lowest BCUT2D eigenvalue weighted by atomic mass is 10.5. The first-order valence-electron chi connectivity index (χ1n) is 5.00. The summed E-state index contributed by atoms with van der Waals surface area (Å²) in [5, 5.41) is 0. The molecule has 0 aromatic carbocycles. The Morgan fingerprint density at radius 2 is 1.59 bits per heavy atom. The van der Waals surface area contributed by atoms with E-state index in [1.807, 2.05) is 0 Å². The van der Waals surface area contributed by atoms with Gasteiger partial charge in [0.25, 0.3) is 11.9 Å².